The van der Waals surface area contributed by atoms with Gasteiger partial charge in [-0.05, 0) is 54.0 Å². The third kappa shape index (κ3) is 6.11. The molecule has 7 heteroatoms. The molecule has 0 spiro atoms. The van der Waals surface area contributed by atoms with Crippen molar-refractivity contribution >= 4 is 31.6 Å². The van der Waals surface area contributed by atoms with Crippen LogP contribution in [0, 0.1) is 0 Å². The molecular weight excluding hydrogens is 344 g/mol. The molecule has 2 N–H and O–H groups in total. The minimum absolute atomic E-state index is 0.0906. The first-order valence-corrected chi connectivity index (χ1v) is 8.97. The Balaban J connectivity index is 2.57. The Morgan fingerprint density at radius 2 is 2.05 bits per heavy atom. The summed E-state index contributed by atoms with van der Waals surface area (Å²) in [6.45, 7) is 3.69. The molecule has 0 radical (unpaired) electrons. The Morgan fingerprint density at radius 1 is 1.30 bits per heavy atom. The molecule has 1 rings (SSSR count). The van der Waals surface area contributed by atoms with Gasteiger partial charge in [0.25, 0.3) is 0 Å². The van der Waals surface area contributed by atoms with Gasteiger partial charge in [-0.15, -0.1) is 0 Å². The van der Waals surface area contributed by atoms with Gasteiger partial charge in [0.1, 0.15) is 5.75 Å². The second-order valence-corrected chi connectivity index (χ2v) is 7.07. The standard InChI is InChI=1S/C13H21BrN2O3S/c1-3-7-15-8-4-9-20(17,18)16-13-10-11(19-2)5-6-12(13)14/h5-6,10,15-16H,3-4,7-9H2,1-2H3. The topological polar surface area (TPSA) is 67.4 Å². The molecule has 5 nitrogen and oxygen atoms in total. The van der Waals surface area contributed by atoms with Gasteiger partial charge in [0.15, 0.2) is 0 Å². The van der Waals surface area contributed by atoms with Crippen molar-refractivity contribution < 1.29 is 13.2 Å². The molecule has 1 aromatic carbocycles. The van der Waals surface area contributed by atoms with Crippen molar-refractivity contribution in [3.63, 3.8) is 0 Å². The van der Waals surface area contributed by atoms with E-state index in [2.05, 4.69) is 32.9 Å². The molecule has 114 valence electrons. The highest BCUT2D eigenvalue weighted by molar-refractivity contribution is 9.10. The third-order valence-electron chi connectivity index (χ3n) is 2.63. The number of halogens is 1. The minimum atomic E-state index is -3.34. The van der Waals surface area contributed by atoms with Gasteiger partial charge in [-0.1, -0.05) is 6.92 Å². The summed E-state index contributed by atoms with van der Waals surface area (Å²) in [6.07, 6.45) is 1.62. The summed E-state index contributed by atoms with van der Waals surface area (Å²) in [5.41, 5.74) is 0.492. The molecule has 0 amide bonds. The van der Waals surface area contributed by atoms with Crippen molar-refractivity contribution in [1.29, 1.82) is 0 Å². The van der Waals surface area contributed by atoms with Crippen LogP contribution < -0.4 is 14.8 Å². The zero-order valence-corrected chi connectivity index (χ0v) is 14.2. The van der Waals surface area contributed by atoms with Gasteiger partial charge in [0.2, 0.25) is 10.0 Å². The largest absolute Gasteiger partial charge is 0.497 e. The SMILES string of the molecule is CCCNCCCS(=O)(=O)Nc1cc(OC)ccc1Br. The van der Waals surface area contributed by atoms with Crippen LogP contribution in [0.25, 0.3) is 0 Å². The van der Waals surface area contributed by atoms with E-state index in [-0.39, 0.29) is 5.75 Å². The fraction of sp³-hybridized carbons (Fsp3) is 0.538. The molecule has 0 aliphatic rings. The molecule has 0 unspecified atom stereocenters. The van der Waals surface area contributed by atoms with Crippen LogP contribution in [0.4, 0.5) is 5.69 Å². The summed E-state index contributed by atoms with van der Waals surface area (Å²) in [6, 6.07) is 5.16. The lowest BCUT2D eigenvalue weighted by Gasteiger charge is -2.11. The molecule has 0 saturated heterocycles. The maximum Gasteiger partial charge on any atom is 0.232 e. The number of nitrogens with one attached hydrogen (secondary N) is 2. The Morgan fingerprint density at radius 3 is 2.70 bits per heavy atom. The molecule has 0 fully saturated rings. The Kier molecular flexibility index (Phi) is 7.32. The van der Waals surface area contributed by atoms with Crippen molar-refractivity contribution in [2.24, 2.45) is 0 Å². The van der Waals surface area contributed by atoms with E-state index in [9.17, 15) is 8.42 Å². The van der Waals surface area contributed by atoms with Crippen molar-refractivity contribution in [1.82, 2.24) is 5.32 Å². The van der Waals surface area contributed by atoms with E-state index in [1.165, 1.54) is 0 Å². The Hall–Kier alpha value is -0.790. The first-order valence-electron chi connectivity index (χ1n) is 6.53. The highest BCUT2D eigenvalue weighted by Gasteiger charge is 2.12. The van der Waals surface area contributed by atoms with Crippen LogP contribution in [-0.4, -0.2) is 34.4 Å². The van der Waals surface area contributed by atoms with Crippen molar-refractivity contribution in [3.8, 4) is 5.75 Å². The summed E-state index contributed by atoms with van der Waals surface area (Å²) in [4.78, 5) is 0. The molecule has 0 saturated carbocycles. The number of hydrogen-bond acceptors (Lipinski definition) is 4. The van der Waals surface area contributed by atoms with Crippen LogP contribution in [0.3, 0.4) is 0 Å². The molecule has 0 aliphatic carbocycles. The van der Waals surface area contributed by atoms with Gasteiger partial charge in [-0.25, -0.2) is 8.42 Å². The number of ether oxygens (including phenoxy) is 1. The molecular formula is C13H21BrN2O3S. The normalized spacial score (nSPS) is 11.3. The zero-order valence-electron chi connectivity index (χ0n) is 11.8. The second-order valence-electron chi connectivity index (χ2n) is 4.37. The summed E-state index contributed by atoms with van der Waals surface area (Å²) in [5, 5.41) is 3.18. The maximum absolute atomic E-state index is 12.0. The number of sulfonamides is 1. The fourth-order valence-corrected chi connectivity index (χ4v) is 3.22. The fourth-order valence-electron chi connectivity index (χ4n) is 1.62. The summed E-state index contributed by atoms with van der Waals surface area (Å²) >= 11 is 3.32. The van der Waals surface area contributed by atoms with Crippen molar-refractivity contribution in [2.45, 2.75) is 19.8 Å². The van der Waals surface area contributed by atoms with Gasteiger partial charge in [0, 0.05) is 10.5 Å². The van der Waals surface area contributed by atoms with Gasteiger partial charge >= 0.3 is 0 Å². The molecule has 0 aliphatic heterocycles. The Bertz CT molecular complexity index is 520. The summed E-state index contributed by atoms with van der Waals surface area (Å²) in [7, 11) is -1.80. The lowest BCUT2D eigenvalue weighted by atomic mass is 10.3. The average Bonchev–Trinajstić information content (AvgIpc) is 2.41. The highest BCUT2D eigenvalue weighted by atomic mass is 79.9. The monoisotopic (exact) mass is 364 g/mol. The van der Waals surface area contributed by atoms with E-state index in [4.69, 9.17) is 4.74 Å². The van der Waals surface area contributed by atoms with E-state index in [0.29, 0.717) is 28.9 Å². The number of benzene rings is 1. The molecule has 0 aromatic heterocycles. The lowest BCUT2D eigenvalue weighted by molar-refractivity contribution is 0.415. The summed E-state index contributed by atoms with van der Waals surface area (Å²) in [5.74, 6) is 0.698. The van der Waals surface area contributed by atoms with Gasteiger partial charge in [-0.3, -0.25) is 4.72 Å². The van der Waals surface area contributed by atoms with E-state index < -0.39 is 10.0 Å². The van der Waals surface area contributed by atoms with E-state index in [0.717, 1.165) is 13.0 Å². The first-order chi connectivity index (χ1) is 9.48. The molecule has 0 heterocycles. The van der Waals surface area contributed by atoms with Crippen LogP contribution in [0.5, 0.6) is 5.75 Å². The maximum atomic E-state index is 12.0. The zero-order chi connectivity index (χ0) is 15.0. The quantitative estimate of drug-likeness (QED) is 0.660. The molecule has 20 heavy (non-hydrogen) atoms. The number of methoxy groups -OCH3 is 1. The van der Waals surface area contributed by atoms with Crippen molar-refractivity contribution in [2.75, 3.05) is 30.7 Å². The van der Waals surface area contributed by atoms with Crippen LogP contribution in [0.1, 0.15) is 19.8 Å². The highest BCUT2D eigenvalue weighted by Crippen LogP contribution is 2.27. The molecule has 0 bridgehead atoms. The summed E-state index contributed by atoms with van der Waals surface area (Å²) < 4.78 is 32.3. The predicted octanol–water partition coefficient (Wildman–Crippen LogP) is 2.59. The van der Waals surface area contributed by atoms with E-state index in [1.54, 1.807) is 25.3 Å². The molecule has 1 aromatic rings. The second kappa shape index (κ2) is 8.49. The van der Waals surface area contributed by atoms with Gasteiger partial charge < -0.3 is 10.1 Å². The number of rotatable bonds is 9. The van der Waals surface area contributed by atoms with Gasteiger partial charge in [0.05, 0.1) is 18.6 Å². The lowest BCUT2D eigenvalue weighted by Crippen LogP contribution is -2.22. The average molecular weight is 365 g/mol. The van der Waals surface area contributed by atoms with Gasteiger partial charge in [-0.2, -0.15) is 0 Å². The van der Waals surface area contributed by atoms with Crippen LogP contribution >= 0.6 is 15.9 Å². The van der Waals surface area contributed by atoms with E-state index >= 15 is 0 Å². The van der Waals surface area contributed by atoms with E-state index in [1.807, 2.05) is 0 Å². The molecule has 0 atom stereocenters. The minimum Gasteiger partial charge on any atom is -0.497 e. The first kappa shape index (κ1) is 17.3. The van der Waals surface area contributed by atoms with Crippen molar-refractivity contribution in [3.05, 3.63) is 22.7 Å². The third-order valence-corrected chi connectivity index (χ3v) is 4.68. The predicted molar refractivity (Wildman–Crippen MR) is 85.9 cm³/mol. The van der Waals surface area contributed by atoms with Crippen LogP contribution in [-0.2, 0) is 10.0 Å². The Labute approximate surface area is 129 Å². The smallest absolute Gasteiger partial charge is 0.232 e. The van der Waals surface area contributed by atoms with Crippen LogP contribution in [0.15, 0.2) is 22.7 Å². The van der Waals surface area contributed by atoms with Crippen LogP contribution in [0.2, 0.25) is 0 Å². The number of hydrogen-bond donors (Lipinski definition) is 2. The number of anilines is 1.